The van der Waals surface area contributed by atoms with E-state index in [1.165, 1.54) is 12.8 Å². The van der Waals surface area contributed by atoms with Crippen molar-refractivity contribution in [3.05, 3.63) is 23.0 Å². The minimum Gasteiger partial charge on any atom is -0.370 e. The quantitative estimate of drug-likeness (QED) is 0.860. The summed E-state index contributed by atoms with van der Waals surface area (Å²) < 4.78 is 14.3. The molecule has 128 valence electrons. The minimum absolute atomic E-state index is 0.0400. The van der Waals surface area contributed by atoms with Gasteiger partial charge in [0.1, 0.15) is 6.17 Å². The Kier molecular flexibility index (Phi) is 4.76. The number of hydrogen-bond donors (Lipinski definition) is 1. The summed E-state index contributed by atoms with van der Waals surface area (Å²) in [5, 5.41) is 3.30. The molecule has 0 aromatic carbocycles. The van der Waals surface area contributed by atoms with Crippen molar-refractivity contribution in [2.24, 2.45) is 5.92 Å². The third-order valence-electron chi connectivity index (χ3n) is 5.14. The van der Waals surface area contributed by atoms with Crippen LogP contribution in [0.25, 0.3) is 0 Å². The summed E-state index contributed by atoms with van der Waals surface area (Å²) in [6, 6.07) is 0.533. The predicted molar refractivity (Wildman–Crippen MR) is 89.7 cm³/mol. The van der Waals surface area contributed by atoms with E-state index in [0.717, 1.165) is 44.0 Å². The van der Waals surface area contributed by atoms with Gasteiger partial charge < -0.3 is 15.1 Å². The molecule has 1 aliphatic carbocycles. The zero-order chi connectivity index (χ0) is 16.6. The van der Waals surface area contributed by atoms with Crippen LogP contribution in [0.15, 0.2) is 23.0 Å². The highest BCUT2D eigenvalue weighted by Gasteiger charge is 2.37. The van der Waals surface area contributed by atoms with Crippen LogP contribution in [0.1, 0.15) is 33.6 Å². The second kappa shape index (κ2) is 6.63. The maximum Gasteiger partial charge on any atom is 0.165 e. The zero-order valence-electron chi connectivity index (χ0n) is 14.4. The van der Waals surface area contributed by atoms with Crippen molar-refractivity contribution < 1.29 is 9.18 Å². The van der Waals surface area contributed by atoms with E-state index in [0.29, 0.717) is 11.7 Å². The Morgan fingerprint density at radius 1 is 1.35 bits per heavy atom. The summed E-state index contributed by atoms with van der Waals surface area (Å²) in [6.45, 7) is 9.66. The number of nitrogens with zero attached hydrogens (tertiary/aromatic N) is 2. The highest BCUT2D eigenvalue weighted by atomic mass is 19.1. The van der Waals surface area contributed by atoms with Crippen LogP contribution in [-0.2, 0) is 4.79 Å². The van der Waals surface area contributed by atoms with Gasteiger partial charge in [0.15, 0.2) is 5.78 Å². The SMILES string of the molecule is CC1=C(/C=C(\C(C)F)N2CCNCC2)N(C2CC2)CC(C)C1=O. The number of nitrogens with one attached hydrogen (secondary N) is 1. The van der Waals surface area contributed by atoms with Crippen molar-refractivity contribution in [2.45, 2.75) is 45.8 Å². The molecule has 5 heteroatoms. The molecular formula is C18H28FN3O. The van der Waals surface area contributed by atoms with Gasteiger partial charge in [-0.15, -0.1) is 0 Å². The molecule has 0 bridgehead atoms. The van der Waals surface area contributed by atoms with Crippen LogP contribution in [0.4, 0.5) is 4.39 Å². The van der Waals surface area contributed by atoms with Crippen LogP contribution < -0.4 is 5.32 Å². The largest absolute Gasteiger partial charge is 0.370 e. The lowest BCUT2D eigenvalue weighted by Crippen LogP contribution is -2.45. The van der Waals surface area contributed by atoms with E-state index in [9.17, 15) is 9.18 Å². The topological polar surface area (TPSA) is 35.6 Å². The van der Waals surface area contributed by atoms with E-state index in [-0.39, 0.29) is 11.7 Å². The van der Waals surface area contributed by atoms with Crippen molar-refractivity contribution in [1.82, 2.24) is 15.1 Å². The van der Waals surface area contributed by atoms with Gasteiger partial charge in [0.25, 0.3) is 0 Å². The number of ketones is 1. The smallest absolute Gasteiger partial charge is 0.165 e. The first-order valence-corrected chi connectivity index (χ1v) is 8.82. The number of carbonyl (C=O) groups excluding carboxylic acids is 1. The van der Waals surface area contributed by atoms with Crippen molar-refractivity contribution in [3.8, 4) is 0 Å². The monoisotopic (exact) mass is 321 g/mol. The fraction of sp³-hybridized carbons (Fsp3) is 0.722. The summed E-state index contributed by atoms with van der Waals surface area (Å²) in [6.07, 6.45) is 3.29. The van der Waals surface area contributed by atoms with Gasteiger partial charge in [-0.25, -0.2) is 4.39 Å². The molecule has 0 amide bonds. The second-order valence-corrected chi connectivity index (χ2v) is 7.08. The third kappa shape index (κ3) is 3.44. The summed E-state index contributed by atoms with van der Waals surface area (Å²) >= 11 is 0. The van der Waals surface area contributed by atoms with Gasteiger partial charge in [-0.2, -0.15) is 0 Å². The van der Waals surface area contributed by atoms with Crippen LogP contribution in [-0.4, -0.2) is 60.5 Å². The van der Waals surface area contributed by atoms with E-state index in [2.05, 4.69) is 15.1 Å². The molecule has 3 rings (SSSR count). The number of halogens is 1. The standard InChI is InChI=1S/C18H28FN3O/c1-12-11-22(15-4-5-15)16(13(2)18(12)23)10-17(14(3)19)21-8-6-20-7-9-21/h10,12,14-15,20H,4-9,11H2,1-3H3/b17-10+. The number of Topliss-reactive ketones (excluding diaryl/α,β-unsaturated/α-hetero) is 1. The van der Waals surface area contributed by atoms with Gasteiger partial charge in [-0.3, -0.25) is 4.79 Å². The Balaban J connectivity index is 1.95. The Labute approximate surface area is 138 Å². The van der Waals surface area contributed by atoms with Crippen molar-refractivity contribution in [1.29, 1.82) is 0 Å². The van der Waals surface area contributed by atoms with Gasteiger partial charge in [0.05, 0.1) is 0 Å². The Bertz CT molecular complexity index is 530. The Morgan fingerprint density at radius 2 is 2.00 bits per heavy atom. The van der Waals surface area contributed by atoms with E-state index in [1.807, 2.05) is 19.9 Å². The molecule has 3 aliphatic rings. The van der Waals surface area contributed by atoms with E-state index in [4.69, 9.17) is 0 Å². The number of piperazine rings is 1. The first kappa shape index (κ1) is 16.5. The molecule has 2 atom stereocenters. The molecule has 23 heavy (non-hydrogen) atoms. The lowest BCUT2D eigenvalue weighted by molar-refractivity contribution is -0.120. The highest BCUT2D eigenvalue weighted by molar-refractivity contribution is 5.98. The van der Waals surface area contributed by atoms with Gasteiger partial charge >= 0.3 is 0 Å². The van der Waals surface area contributed by atoms with Gasteiger partial charge in [0.2, 0.25) is 0 Å². The molecule has 0 aromatic heterocycles. The average Bonchev–Trinajstić information content (AvgIpc) is 3.37. The van der Waals surface area contributed by atoms with Gasteiger partial charge in [-0.05, 0) is 32.8 Å². The average molecular weight is 321 g/mol. The number of rotatable bonds is 4. The molecule has 0 radical (unpaired) electrons. The van der Waals surface area contributed by atoms with Gasteiger partial charge in [0, 0.05) is 61.7 Å². The Hall–Kier alpha value is -1.36. The summed E-state index contributed by atoms with van der Waals surface area (Å²) in [7, 11) is 0. The van der Waals surface area contributed by atoms with E-state index < -0.39 is 6.17 Å². The van der Waals surface area contributed by atoms with Crippen LogP contribution in [0.2, 0.25) is 0 Å². The number of allylic oxidation sites excluding steroid dienone is 3. The molecular weight excluding hydrogens is 293 g/mol. The highest BCUT2D eigenvalue weighted by Crippen LogP contribution is 2.36. The minimum atomic E-state index is -1.02. The summed E-state index contributed by atoms with van der Waals surface area (Å²) in [5.74, 6) is 0.248. The molecule has 0 aromatic rings. The first-order valence-electron chi connectivity index (χ1n) is 8.82. The van der Waals surface area contributed by atoms with Crippen LogP contribution in [0, 0.1) is 5.92 Å². The van der Waals surface area contributed by atoms with Crippen LogP contribution in [0.3, 0.4) is 0 Å². The number of alkyl halides is 1. The predicted octanol–water partition coefficient (Wildman–Crippen LogP) is 2.09. The lowest BCUT2D eigenvalue weighted by atomic mass is 9.92. The Morgan fingerprint density at radius 3 is 2.57 bits per heavy atom. The molecule has 2 heterocycles. The maximum atomic E-state index is 14.3. The molecule has 2 unspecified atom stereocenters. The molecule has 0 spiro atoms. The number of carbonyl (C=O) groups is 1. The summed E-state index contributed by atoms with van der Waals surface area (Å²) in [5.41, 5.74) is 2.46. The lowest BCUT2D eigenvalue weighted by Gasteiger charge is -2.37. The molecule has 2 fully saturated rings. The fourth-order valence-corrected chi connectivity index (χ4v) is 3.63. The normalized spacial score (nSPS) is 28.4. The second-order valence-electron chi connectivity index (χ2n) is 7.08. The van der Waals surface area contributed by atoms with Crippen molar-refractivity contribution in [3.63, 3.8) is 0 Å². The molecule has 4 nitrogen and oxygen atoms in total. The molecule has 1 N–H and O–H groups in total. The maximum absolute atomic E-state index is 14.3. The van der Waals surface area contributed by atoms with Gasteiger partial charge in [-0.1, -0.05) is 6.92 Å². The van der Waals surface area contributed by atoms with Crippen molar-refractivity contribution >= 4 is 5.78 Å². The van der Waals surface area contributed by atoms with Crippen molar-refractivity contribution in [2.75, 3.05) is 32.7 Å². The van der Waals surface area contributed by atoms with Crippen LogP contribution >= 0.6 is 0 Å². The molecule has 1 saturated heterocycles. The molecule has 2 aliphatic heterocycles. The van der Waals surface area contributed by atoms with E-state index in [1.54, 1.807) is 6.92 Å². The zero-order valence-corrected chi connectivity index (χ0v) is 14.4. The van der Waals surface area contributed by atoms with Crippen LogP contribution in [0.5, 0.6) is 0 Å². The molecule has 1 saturated carbocycles. The first-order chi connectivity index (χ1) is 11.0. The van der Waals surface area contributed by atoms with E-state index >= 15 is 0 Å². The third-order valence-corrected chi connectivity index (χ3v) is 5.14. The number of hydrogen-bond acceptors (Lipinski definition) is 4. The summed E-state index contributed by atoms with van der Waals surface area (Å²) in [4.78, 5) is 16.9. The fourth-order valence-electron chi connectivity index (χ4n) is 3.63.